The quantitative estimate of drug-likeness (QED) is 0.311. The van der Waals surface area contributed by atoms with E-state index in [1.807, 2.05) is 12.1 Å². The highest BCUT2D eigenvalue weighted by molar-refractivity contribution is 5.89. The summed E-state index contributed by atoms with van der Waals surface area (Å²) in [7, 11) is 1.66. The van der Waals surface area contributed by atoms with Crippen molar-refractivity contribution in [2.24, 2.45) is 0 Å². The summed E-state index contributed by atoms with van der Waals surface area (Å²) in [5.74, 6) is 1.55. The van der Waals surface area contributed by atoms with Crippen molar-refractivity contribution in [3.63, 3.8) is 0 Å². The number of methoxy groups -OCH3 is 1. The summed E-state index contributed by atoms with van der Waals surface area (Å²) in [4.78, 5) is 32.0. The summed E-state index contributed by atoms with van der Waals surface area (Å²) in [6.45, 7) is 8.10. The first kappa shape index (κ1) is 28.1. The summed E-state index contributed by atoms with van der Waals surface area (Å²) >= 11 is 0. The zero-order chi connectivity index (χ0) is 29.1. The number of ketones is 1. The molecule has 1 atom stereocenters. The van der Waals surface area contributed by atoms with Crippen LogP contribution in [0.4, 0.5) is 27.4 Å². The van der Waals surface area contributed by atoms with Gasteiger partial charge in [-0.05, 0) is 54.7 Å². The van der Waals surface area contributed by atoms with Crippen LogP contribution in [0.1, 0.15) is 42.9 Å². The van der Waals surface area contributed by atoms with Crippen LogP contribution in [0.5, 0.6) is 5.75 Å². The molecular formula is C32H37FN6O3. The third-order valence-corrected chi connectivity index (χ3v) is 8.27. The molecule has 9 nitrogen and oxygen atoms in total. The molecule has 3 fully saturated rings. The van der Waals surface area contributed by atoms with Crippen LogP contribution >= 0.6 is 0 Å². The van der Waals surface area contributed by atoms with Gasteiger partial charge in [0.15, 0.2) is 11.6 Å². The van der Waals surface area contributed by atoms with Gasteiger partial charge in [-0.25, -0.2) is 19.4 Å². The number of benzene rings is 2. The highest BCUT2D eigenvalue weighted by atomic mass is 19.1. The molecule has 2 saturated heterocycles. The lowest BCUT2D eigenvalue weighted by atomic mass is 10.0. The molecular weight excluding hydrogens is 535 g/mol. The number of hydrogen-bond acceptors (Lipinski definition) is 9. The third-order valence-electron chi connectivity index (χ3n) is 8.27. The Kier molecular flexibility index (Phi) is 8.34. The van der Waals surface area contributed by atoms with Crippen LogP contribution in [0.25, 0.3) is 0 Å². The van der Waals surface area contributed by atoms with Gasteiger partial charge >= 0.3 is 0 Å². The lowest BCUT2D eigenvalue weighted by Gasteiger charge is -2.37. The Labute approximate surface area is 245 Å². The minimum Gasteiger partial charge on any atom is -0.494 e. The fraction of sp³-hybridized carbons (Fsp3) is 0.406. The van der Waals surface area contributed by atoms with Crippen molar-refractivity contribution in [2.45, 2.75) is 44.2 Å². The van der Waals surface area contributed by atoms with Crippen LogP contribution in [-0.2, 0) is 16.1 Å². The fourth-order valence-corrected chi connectivity index (χ4v) is 5.89. The Balaban J connectivity index is 1.26. The number of piperazine rings is 1. The zero-order valence-electron chi connectivity index (χ0n) is 24.0. The van der Waals surface area contributed by atoms with Crippen molar-refractivity contribution in [3.8, 4) is 5.75 Å². The molecule has 42 heavy (non-hydrogen) atoms. The molecule has 6 rings (SSSR count). The summed E-state index contributed by atoms with van der Waals surface area (Å²) < 4.78 is 19.8. The second kappa shape index (κ2) is 12.5. The molecule has 220 valence electrons. The molecule has 1 aromatic heterocycles. The van der Waals surface area contributed by atoms with Gasteiger partial charge < -0.3 is 15.0 Å². The number of carbonyl (C=O) groups excluding carboxylic acids is 1. The Bertz CT molecular complexity index is 1440. The van der Waals surface area contributed by atoms with Crippen LogP contribution in [0.3, 0.4) is 0 Å². The van der Waals surface area contributed by atoms with E-state index in [0.717, 1.165) is 54.7 Å². The lowest BCUT2D eigenvalue weighted by molar-refractivity contribution is -0.114. The standard InChI is InChI=1S/C32H37FN6O3/c1-3-26(40)10-7-23-18-27(30(41-2)19-29(23)38-14-12-37(13-15-38)25-8-9-25)36-31-20-32(35-21-34-31)39-28(11-16-42-39)22-5-4-6-24(33)17-22/h3-6,17-21,25,28H,1,7-16H2,2H3,(H,34,35,36)/t28-/m1/s1. The predicted molar refractivity (Wildman–Crippen MR) is 161 cm³/mol. The molecule has 0 unspecified atom stereocenters. The second-order valence-corrected chi connectivity index (χ2v) is 11.0. The summed E-state index contributed by atoms with van der Waals surface area (Å²) in [6.07, 6.45) is 7.17. The average Bonchev–Trinajstić information content (AvgIpc) is 3.75. The normalized spacial score (nSPS) is 19.1. The van der Waals surface area contributed by atoms with Crippen molar-refractivity contribution in [1.82, 2.24) is 14.9 Å². The van der Waals surface area contributed by atoms with E-state index in [1.165, 1.54) is 37.4 Å². The van der Waals surface area contributed by atoms with Crippen molar-refractivity contribution < 1.29 is 18.8 Å². The molecule has 3 aliphatic rings. The van der Waals surface area contributed by atoms with Crippen LogP contribution < -0.4 is 20.0 Å². The molecule has 2 aliphatic heterocycles. The highest BCUT2D eigenvalue weighted by Crippen LogP contribution is 2.39. The van der Waals surface area contributed by atoms with Gasteiger partial charge in [-0.2, -0.15) is 0 Å². The van der Waals surface area contributed by atoms with Gasteiger partial charge in [0, 0.05) is 62.9 Å². The number of nitrogens with zero attached hydrogens (tertiary/aromatic N) is 5. The number of halogens is 1. The Morgan fingerprint density at radius 3 is 2.71 bits per heavy atom. The molecule has 0 bridgehead atoms. The molecule has 0 spiro atoms. The van der Waals surface area contributed by atoms with Crippen LogP contribution in [0.2, 0.25) is 0 Å². The van der Waals surface area contributed by atoms with Gasteiger partial charge in [0.05, 0.1) is 25.4 Å². The minimum absolute atomic E-state index is 0.0173. The van der Waals surface area contributed by atoms with Crippen molar-refractivity contribution in [1.29, 1.82) is 0 Å². The Morgan fingerprint density at radius 1 is 1.14 bits per heavy atom. The SMILES string of the molecule is C=CC(=O)CCc1cc(Nc2cc(N3OCC[C@@H]3c3cccc(F)c3)ncn2)c(OC)cc1N1CCN(C2CC2)CC1. The first-order chi connectivity index (χ1) is 20.5. The van der Waals surface area contributed by atoms with Gasteiger partial charge in [-0.1, -0.05) is 18.7 Å². The molecule has 3 aromatic rings. The topological polar surface area (TPSA) is 83.1 Å². The molecule has 1 saturated carbocycles. The van der Waals surface area contributed by atoms with Gasteiger partial charge in [0.1, 0.15) is 23.7 Å². The first-order valence-electron chi connectivity index (χ1n) is 14.6. The van der Waals surface area contributed by atoms with E-state index in [0.29, 0.717) is 43.3 Å². The van der Waals surface area contributed by atoms with Gasteiger partial charge in [-0.3, -0.25) is 14.5 Å². The maximum Gasteiger partial charge on any atom is 0.158 e. The maximum absolute atomic E-state index is 13.9. The number of carbonyl (C=O) groups is 1. The van der Waals surface area contributed by atoms with Gasteiger partial charge in [-0.15, -0.1) is 0 Å². The van der Waals surface area contributed by atoms with Crippen molar-refractivity contribution in [3.05, 3.63) is 78.4 Å². The summed E-state index contributed by atoms with van der Waals surface area (Å²) in [5.41, 5.74) is 3.73. The Morgan fingerprint density at radius 2 is 1.98 bits per heavy atom. The van der Waals surface area contributed by atoms with E-state index in [2.05, 4.69) is 43.8 Å². The summed E-state index contributed by atoms with van der Waals surface area (Å²) in [5, 5.41) is 5.12. The van der Waals surface area contributed by atoms with E-state index in [-0.39, 0.29) is 17.6 Å². The third kappa shape index (κ3) is 6.24. The van der Waals surface area contributed by atoms with Gasteiger partial charge in [0.25, 0.3) is 0 Å². The van der Waals surface area contributed by atoms with Crippen LogP contribution in [-0.4, -0.2) is 66.6 Å². The van der Waals surface area contributed by atoms with E-state index < -0.39 is 0 Å². The van der Waals surface area contributed by atoms with E-state index in [9.17, 15) is 9.18 Å². The molecule has 0 radical (unpaired) electrons. The molecule has 10 heteroatoms. The van der Waals surface area contributed by atoms with E-state index in [1.54, 1.807) is 18.2 Å². The van der Waals surface area contributed by atoms with Crippen molar-refractivity contribution >= 4 is 28.8 Å². The number of allylic oxidation sites excluding steroid dienone is 1. The van der Waals surface area contributed by atoms with Crippen molar-refractivity contribution in [2.75, 3.05) is 55.2 Å². The molecule has 1 aliphatic carbocycles. The smallest absolute Gasteiger partial charge is 0.158 e. The van der Waals surface area contributed by atoms with E-state index >= 15 is 0 Å². The Hall–Kier alpha value is -4.02. The number of ether oxygens (including phenoxy) is 1. The lowest BCUT2D eigenvalue weighted by Crippen LogP contribution is -2.47. The van der Waals surface area contributed by atoms with Crippen LogP contribution in [0, 0.1) is 5.82 Å². The highest BCUT2D eigenvalue weighted by Gasteiger charge is 2.32. The molecule has 1 N–H and O–H groups in total. The number of aromatic nitrogens is 2. The number of nitrogens with one attached hydrogen (secondary N) is 1. The van der Waals surface area contributed by atoms with Gasteiger partial charge in [0.2, 0.25) is 0 Å². The first-order valence-corrected chi connectivity index (χ1v) is 14.6. The van der Waals surface area contributed by atoms with E-state index in [4.69, 9.17) is 9.57 Å². The second-order valence-electron chi connectivity index (χ2n) is 11.0. The minimum atomic E-state index is -0.282. The molecule has 3 heterocycles. The molecule has 2 aromatic carbocycles. The largest absolute Gasteiger partial charge is 0.494 e. The fourth-order valence-electron chi connectivity index (χ4n) is 5.89. The monoisotopic (exact) mass is 572 g/mol. The number of anilines is 4. The maximum atomic E-state index is 13.9. The number of hydrogen-bond donors (Lipinski definition) is 1. The predicted octanol–water partition coefficient (Wildman–Crippen LogP) is 5.22. The zero-order valence-corrected chi connectivity index (χ0v) is 24.0. The molecule has 0 amide bonds. The number of hydroxylamine groups is 1. The number of aryl methyl sites for hydroxylation is 1. The number of rotatable bonds is 11. The average molecular weight is 573 g/mol. The summed E-state index contributed by atoms with van der Waals surface area (Å²) in [6, 6.07) is 13.1. The van der Waals surface area contributed by atoms with Crippen LogP contribution in [0.15, 0.2) is 61.4 Å².